The molecule has 1 aromatic carbocycles. The summed E-state index contributed by atoms with van der Waals surface area (Å²) in [6, 6.07) is 18.8. The van der Waals surface area contributed by atoms with Crippen molar-refractivity contribution in [3.8, 4) is 22.6 Å². The van der Waals surface area contributed by atoms with Gasteiger partial charge in [0.1, 0.15) is 0 Å². The van der Waals surface area contributed by atoms with E-state index in [2.05, 4.69) is 102 Å². The third-order valence-electron chi connectivity index (χ3n) is 6.77. The minimum atomic E-state index is 0.677. The van der Waals surface area contributed by atoms with Crippen LogP contribution in [-0.4, -0.2) is 31.7 Å². The van der Waals surface area contributed by atoms with Crippen molar-refractivity contribution < 1.29 is 0 Å². The smallest absolute Gasteiger partial charge is 0.181 e. The summed E-state index contributed by atoms with van der Waals surface area (Å²) in [5.74, 6) is 0. The Balaban J connectivity index is 1.30. The van der Waals surface area contributed by atoms with Crippen LogP contribution in [0.25, 0.3) is 50.2 Å². The maximum atomic E-state index is 4.66. The van der Waals surface area contributed by atoms with E-state index in [1.54, 1.807) is 11.3 Å². The van der Waals surface area contributed by atoms with Crippen LogP contribution < -0.4 is 5.32 Å². The van der Waals surface area contributed by atoms with Gasteiger partial charge in [-0.3, -0.25) is 10.1 Å². The molecule has 0 amide bonds. The first kappa shape index (κ1) is 24.7. The number of H-pyrrole nitrogens is 2. The minimum Gasteiger partial charge on any atom is -0.353 e. The van der Waals surface area contributed by atoms with Crippen LogP contribution in [0, 0.1) is 0 Å². The van der Waals surface area contributed by atoms with Crippen molar-refractivity contribution in [2.75, 3.05) is 6.54 Å². The van der Waals surface area contributed by atoms with Gasteiger partial charge in [0.15, 0.2) is 5.65 Å². The van der Waals surface area contributed by atoms with Gasteiger partial charge in [0.05, 0.1) is 17.1 Å². The van der Waals surface area contributed by atoms with Gasteiger partial charge in [-0.05, 0) is 53.3 Å². The van der Waals surface area contributed by atoms with Crippen LogP contribution in [0.1, 0.15) is 18.1 Å². The van der Waals surface area contributed by atoms with Crippen molar-refractivity contribution >= 4 is 38.8 Å². The third kappa shape index (κ3) is 5.10. The van der Waals surface area contributed by atoms with E-state index in [-0.39, 0.29) is 0 Å². The van der Waals surface area contributed by atoms with Crippen LogP contribution in [0.4, 0.5) is 0 Å². The van der Waals surface area contributed by atoms with Gasteiger partial charge in [0, 0.05) is 58.3 Å². The number of rotatable bonds is 9. The summed E-state index contributed by atoms with van der Waals surface area (Å²) in [4.78, 5) is 12.9. The number of aromatic amines is 2. The van der Waals surface area contributed by atoms with E-state index in [0.717, 1.165) is 68.7 Å². The molecule has 0 fully saturated rings. The number of hydrogen-bond donors (Lipinski definition) is 3. The number of nitrogens with zero attached hydrogens (tertiary/aromatic N) is 3. The summed E-state index contributed by atoms with van der Waals surface area (Å²) in [6.07, 6.45) is 9.89. The molecule has 5 aromatic heterocycles. The van der Waals surface area contributed by atoms with E-state index in [0.29, 0.717) is 5.65 Å². The molecule has 0 radical (unpaired) electrons. The Kier molecular flexibility index (Phi) is 6.99. The van der Waals surface area contributed by atoms with E-state index in [1.807, 2.05) is 37.5 Å². The molecule has 39 heavy (non-hydrogen) atoms. The Morgan fingerprint density at radius 1 is 1.08 bits per heavy atom. The highest BCUT2D eigenvalue weighted by molar-refractivity contribution is 7.08. The highest BCUT2D eigenvalue weighted by Crippen LogP contribution is 2.34. The van der Waals surface area contributed by atoms with E-state index >= 15 is 0 Å². The van der Waals surface area contributed by atoms with Crippen LogP contribution >= 0.6 is 11.3 Å². The second-order valence-corrected chi connectivity index (χ2v) is 10.0. The number of aromatic nitrogens is 5. The summed E-state index contributed by atoms with van der Waals surface area (Å²) in [7, 11) is 0. The molecular formula is C32H28N6S. The van der Waals surface area contributed by atoms with E-state index in [4.69, 9.17) is 0 Å². The molecule has 0 bridgehead atoms. The van der Waals surface area contributed by atoms with Gasteiger partial charge in [0.2, 0.25) is 0 Å². The van der Waals surface area contributed by atoms with Gasteiger partial charge in [-0.2, -0.15) is 16.4 Å². The van der Waals surface area contributed by atoms with Crippen molar-refractivity contribution in [2.24, 2.45) is 0 Å². The average Bonchev–Trinajstić information content (AvgIpc) is 3.74. The Hall–Kier alpha value is -4.59. The van der Waals surface area contributed by atoms with Gasteiger partial charge in [-0.25, -0.2) is 4.98 Å². The maximum Gasteiger partial charge on any atom is 0.181 e. The summed E-state index contributed by atoms with van der Waals surface area (Å²) in [5, 5.41) is 17.4. The number of nitrogens with one attached hydrogen (secondary N) is 3. The number of allylic oxidation sites excluding steroid dienone is 3. The Morgan fingerprint density at radius 3 is 2.77 bits per heavy atom. The van der Waals surface area contributed by atoms with E-state index in [1.165, 1.54) is 5.56 Å². The zero-order valence-electron chi connectivity index (χ0n) is 21.6. The minimum absolute atomic E-state index is 0.677. The molecule has 6 nitrogen and oxygen atoms in total. The highest BCUT2D eigenvalue weighted by Gasteiger charge is 2.15. The predicted molar refractivity (Wildman–Crippen MR) is 162 cm³/mol. The first-order valence-electron chi connectivity index (χ1n) is 12.8. The number of hydrogen-bond acceptors (Lipinski definition) is 5. The van der Waals surface area contributed by atoms with Crippen molar-refractivity contribution in [3.63, 3.8) is 0 Å². The summed E-state index contributed by atoms with van der Waals surface area (Å²) < 4.78 is 0. The molecule has 0 spiro atoms. The van der Waals surface area contributed by atoms with E-state index in [9.17, 15) is 0 Å². The lowest BCUT2D eigenvalue weighted by Crippen LogP contribution is -2.15. The molecule has 0 aliphatic heterocycles. The molecule has 7 heteroatoms. The maximum absolute atomic E-state index is 4.66. The van der Waals surface area contributed by atoms with Crippen molar-refractivity contribution in [3.05, 3.63) is 119 Å². The molecule has 0 saturated heterocycles. The molecule has 192 valence electrons. The van der Waals surface area contributed by atoms with E-state index < -0.39 is 0 Å². The number of benzene rings is 1. The van der Waals surface area contributed by atoms with Gasteiger partial charge in [-0.15, -0.1) is 0 Å². The lowest BCUT2D eigenvalue weighted by molar-refractivity contribution is 0.747. The second kappa shape index (κ2) is 11.0. The van der Waals surface area contributed by atoms with Crippen LogP contribution in [0.5, 0.6) is 0 Å². The molecule has 0 saturated carbocycles. The fourth-order valence-corrected chi connectivity index (χ4v) is 5.38. The quantitative estimate of drug-likeness (QED) is 0.169. The molecule has 0 atom stereocenters. The molecular weight excluding hydrogens is 500 g/mol. The first-order valence-corrected chi connectivity index (χ1v) is 13.8. The van der Waals surface area contributed by atoms with Crippen LogP contribution in [0.15, 0.2) is 108 Å². The van der Waals surface area contributed by atoms with Gasteiger partial charge in [0.25, 0.3) is 0 Å². The Labute approximate surface area is 230 Å². The topological polar surface area (TPSA) is 82.3 Å². The summed E-state index contributed by atoms with van der Waals surface area (Å²) >= 11 is 1.67. The van der Waals surface area contributed by atoms with Gasteiger partial charge < -0.3 is 10.3 Å². The fourth-order valence-electron chi connectivity index (χ4n) is 4.74. The Bertz CT molecular complexity index is 1810. The van der Waals surface area contributed by atoms with Crippen LogP contribution in [-0.2, 0) is 6.54 Å². The zero-order valence-corrected chi connectivity index (χ0v) is 22.4. The fraction of sp³-hybridized carbons (Fsp3) is 0.0938. The molecule has 6 aromatic rings. The lowest BCUT2D eigenvalue weighted by atomic mass is 10.0. The van der Waals surface area contributed by atoms with Gasteiger partial charge in [-0.1, -0.05) is 55.1 Å². The number of thiophene rings is 1. The molecule has 3 N–H and O–H groups in total. The lowest BCUT2D eigenvalue weighted by Gasteiger charge is -2.08. The predicted octanol–water partition coefficient (Wildman–Crippen LogP) is 7.54. The summed E-state index contributed by atoms with van der Waals surface area (Å²) in [6.45, 7) is 7.60. The average molecular weight is 529 g/mol. The van der Waals surface area contributed by atoms with Crippen molar-refractivity contribution in [1.29, 1.82) is 0 Å². The SMILES string of the molecule is C=C/C(=C\C(=C/C)c1cnc2n[nH]c(-c3cc4c(-c5ccsc5)nccc4[nH]3)c2c1)CNCc1ccccc1. The third-order valence-corrected chi connectivity index (χ3v) is 7.45. The van der Waals surface area contributed by atoms with Crippen LogP contribution in [0.3, 0.4) is 0 Å². The molecule has 0 unspecified atom stereocenters. The molecule has 5 heterocycles. The summed E-state index contributed by atoms with van der Waals surface area (Å²) in [5.41, 5.74) is 10.1. The zero-order chi connectivity index (χ0) is 26.6. The highest BCUT2D eigenvalue weighted by atomic mass is 32.1. The van der Waals surface area contributed by atoms with Gasteiger partial charge >= 0.3 is 0 Å². The largest absolute Gasteiger partial charge is 0.353 e. The molecule has 0 aliphatic rings. The van der Waals surface area contributed by atoms with Crippen molar-refractivity contribution in [2.45, 2.75) is 13.5 Å². The first-order chi connectivity index (χ1) is 19.2. The standard InChI is InChI=1S/C32H28N6S/c1-3-21(17-33-18-22-8-6-5-7-9-22)14-23(4-2)25-15-27-31(37-38-32(27)35-19-25)29-16-26-28(36-29)10-12-34-30(26)24-11-13-39-20-24/h3-16,19-20,33,36H,1,17-18H2,2H3,(H,35,37,38)/b21-14+,23-4+. The van der Waals surface area contributed by atoms with Crippen LogP contribution in [0.2, 0.25) is 0 Å². The monoisotopic (exact) mass is 528 g/mol. The molecule has 6 rings (SSSR count). The number of fused-ring (bicyclic) bond motifs is 2. The Morgan fingerprint density at radius 2 is 1.97 bits per heavy atom. The molecule has 0 aliphatic carbocycles. The normalized spacial score (nSPS) is 12.4. The number of pyridine rings is 2. The van der Waals surface area contributed by atoms with Crippen molar-refractivity contribution in [1.82, 2.24) is 30.5 Å². The second-order valence-electron chi connectivity index (χ2n) is 9.27.